The van der Waals surface area contributed by atoms with Crippen LogP contribution in [0.5, 0.6) is 0 Å². The lowest BCUT2D eigenvalue weighted by Gasteiger charge is -2.23. The van der Waals surface area contributed by atoms with Crippen LogP contribution in [-0.4, -0.2) is 5.91 Å². The molecule has 0 saturated heterocycles. The molecule has 0 aliphatic heterocycles. The van der Waals surface area contributed by atoms with Crippen molar-refractivity contribution in [2.24, 2.45) is 17.6 Å². The third kappa shape index (κ3) is 5.65. The molecule has 1 aliphatic rings. The molecule has 0 radical (unpaired) electrons. The number of fused-ring (bicyclic) bond motifs is 1. The summed E-state index contributed by atoms with van der Waals surface area (Å²) >= 11 is 0. The van der Waals surface area contributed by atoms with E-state index in [1.165, 1.54) is 68.1 Å². The smallest absolute Gasteiger partial charge is 0.220 e. The van der Waals surface area contributed by atoms with E-state index in [0.717, 1.165) is 25.2 Å². The van der Waals surface area contributed by atoms with E-state index in [1.54, 1.807) is 0 Å². The van der Waals surface area contributed by atoms with Gasteiger partial charge in [-0.2, -0.15) is 0 Å². The maximum Gasteiger partial charge on any atom is 0.220 e. The van der Waals surface area contributed by atoms with Gasteiger partial charge in [0.25, 0.3) is 0 Å². The van der Waals surface area contributed by atoms with Crippen LogP contribution in [0.4, 0.5) is 0 Å². The summed E-state index contributed by atoms with van der Waals surface area (Å²) in [6.45, 7) is 4.58. The third-order valence-corrected chi connectivity index (χ3v) is 5.67. The molecule has 0 spiro atoms. The van der Waals surface area contributed by atoms with Gasteiger partial charge < -0.3 is 5.73 Å². The minimum atomic E-state index is -0.139. The lowest BCUT2D eigenvalue weighted by Crippen LogP contribution is -2.28. The molecule has 1 aromatic rings. The normalized spacial score (nSPS) is 17.0. The van der Waals surface area contributed by atoms with Crippen LogP contribution in [0.2, 0.25) is 0 Å². The fraction of sp³-hybridized carbons (Fsp3) is 0.682. The first-order valence-electron chi connectivity index (χ1n) is 10.0. The second-order valence-corrected chi connectivity index (χ2v) is 7.63. The number of unbranched alkanes of at least 4 members (excludes halogenated alkanes) is 2. The van der Waals surface area contributed by atoms with E-state index in [2.05, 4.69) is 32.0 Å². The Kier molecular flexibility index (Phi) is 7.81. The van der Waals surface area contributed by atoms with Crippen molar-refractivity contribution < 1.29 is 4.79 Å². The number of hydrogen-bond donors (Lipinski definition) is 1. The van der Waals surface area contributed by atoms with Crippen molar-refractivity contribution in [3.8, 4) is 0 Å². The van der Waals surface area contributed by atoms with Gasteiger partial charge in [0.15, 0.2) is 0 Å². The Balaban J connectivity index is 1.91. The molecule has 2 rings (SSSR count). The van der Waals surface area contributed by atoms with Crippen molar-refractivity contribution in [1.82, 2.24) is 0 Å². The monoisotopic (exact) mass is 329 g/mol. The first-order chi connectivity index (χ1) is 11.6. The van der Waals surface area contributed by atoms with E-state index in [1.807, 2.05) is 0 Å². The average Bonchev–Trinajstić information content (AvgIpc) is 2.60. The van der Waals surface area contributed by atoms with Crippen LogP contribution in [0.15, 0.2) is 18.2 Å². The van der Waals surface area contributed by atoms with E-state index in [0.29, 0.717) is 0 Å². The highest BCUT2D eigenvalue weighted by Crippen LogP contribution is 2.28. The van der Waals surface area contributed by atoms with Gasteiger partial charge in [-0.05, 0) is 54.7 Å². The van der Waals surface area contributed by atoms with Gasteiger partial charge in [0, 0.05) is 5.92 Å². The summed E-state index contributed by atoms with van der Waals surface area (Å²) < 4.78 is 0. The zero-order valence-electron chi connectivity index (χ0n) is 15.7. The Morgan fingerprint density at radius 1 is 1.12 bits per heavy atom. The molecule has 0 saturated carbocycles. The zero-order chi connectivity index (χ0) is 17.4. The first-order valence-corrected chi connectivity index (χ1v) is 10.0. The number of nitrogens with two attached hydrogens (primary N) is 1. The molecule has 0 aromatic heterocycles. The molecule has 0 fully saturated rings. The molecule has 134 valence electrons. The van der Waals surface area contributed by atoms with Gasteiger partial charge in [0.05, 0.1) is 0 Å². The van der Waals surface area contributed by atoms with Crippen LogP contribution in [-0.2, 0) is 24.1 Å². The molecule has 24 heavy (non-hydrogen) atoms. The topological polar surface area (TPSA) is 43.1 Å². The van der Waals surface area contributed by atoms with Gasteiger partial charge in [-0.1, -0.05) is 70.6 Å². The maximum atomic E-state index is 11.4. The quantitative estimate of drug-likeness (QED) is 0.629. The average molecular weight is 330 g/mol. The molecule has 2 N–H and O–H groups in total. The highest BCUT2D eigenvalue weighted by molar-refractivity contribution is 5.77. The molecule has 1 amide bonds. The molecular weight excluding hydrogens is 294 g/mol. The van der Waals surface area contributed by atoms with Gasteiger partial charge in [-0.15, -0.1) is 0 Å². The Hall–Kier alpha value is -1.31. The van der Waals surface area contributed by atoms with Crippen LogP contribution in [0.1, 0.15) is 81.9 Å². The summed E-state index contributed by atoms with van der Waals surface area (Å²) in [4.78, 5) is 11.4. The van der Waals surface area contributed by atoms with Gasteiger partial charge in [-0.25, -0.2) is 0 Å². The van der Waals surface area contributed by atoms with Crippen molar-refractivity contribution in [2.75, 3.05) is 0 Å². The van der Waals surface area contributed by atoms with Gasteiger partial charge >= 0.3 is 0 Å². The van der Waals surface area contributed by atoms with Gasteiger partial charge in [0.2, 0.25) is 5.91 Å². The van der Waals surface area contributed by atoms with Crippen LogP contribution >= 0.6 is 0 Å². The van der Waals surface area contributed by atoms with Gasteiger partial charge in [0.1, 0.15) is 0 Å². The molecule has 2 heteroatoms. The number of hydrogen-bond acceptors (Lipinski definition) is 1. The lowest BCUT2D eigenvalue weighted by molar-refractivity contribution is -0.122. The van der Waals surface area contributed by atoms with Crippen LogP contribution < -0.4 is 5.73 Å². The van der Waals surface area contributed by atoms with E-state index in [9.17, 15) is 4.79 Å². The van der Waals surface area contributed by atoms with Crippen molar-refractivity contribution >= 4 is 5.91 Å². The van der Waals surface area contributed by atoms with Gasteiger partial charge in [-0.3, -0.25) is 4.79 Å². The van der Waals surface area contributed by atoms with Crippen molar-refractivity contribution in [3.05, 3.63) is 34.9 Å². The summed E-state index contributed by atoms with van der Waals surface area (Å²) in [6, 6.07) is 6.91. The highest BCUT2D eigenvalue weighted by Gasteiger charge is 2.22. The summed E-state index contributed by atoms with van der Waals surface area (Å²) in [5.41, 5.74) is 9.74. The minimum Gasteiger partial charge on any atom is -0.369 e. The summed E-state index contributed by atoms with van der Waals surface area (Å²) in [5.74, 6) is 0.787. The number of rotatable bonds is 10. The highest BCUT2D eigenvalue weighted by atomic mass is 16.1. The Morgan fingerprint density at radius 2 is 1.83 bits per heavy atom. The minimum absolute atomic E-state index is 0.0378. The predicted molar refractivity (Wildman–Crippen MR) is 102 cm³/mol. The Morgan fingerprint density at radius 3 is 2.46 bits per heavy atom. The number of benzene rings is 1. The van der Waals surface area contributed by atoms with Crippen molar-refractivity contribution in [1.29, 1.82) is 0 Å². The summed E-state index contributed by atoms with van der Waals surface area (Å²) in [6.07, 6.45) is 13.4. The largest absolute Gasteiger partial charge is 0.369 e. The fourth-order valence-corrected chi connectivity index (χ4v) is 4.00. The molecule has 2 nitrogen and oxygen atoms in total. The molecule has 0 bridgehead atoms. The molecule has 1 unspecified atom stereocenters. The molecule has 1 atom stereocenters. The number of primary amides is 1. The second-order valence-electron chi connectivity index (χ2n) is 7.63. The maximum absolute atomic E-state index is 11.4. The molecule has 1 aliphatic carbocycles. The number of carbonyl (C=O) groups is 1. The second kappa shape index (κ2) is 9.86. The Bertz CT molecular complexity index is 515. The number of aryl methyl sites for hydroxylation is 2. The Labute approximate surface area is 148 Å². The number of carbonyl (C=O) groups excluding carboxylic acids is 1. The fourth-order valence-electron chi connectivity index (χ4n) is 4.00. The van der Waals surface area contributed by atoms with E-state index in [4.69, 9.17) is 5.73 Å². The summed E-state index contributed by atoms with van der Waals surface area (Å²) in [5, 5.41) is 0. The van der Waals surface area contributed by atoms with E-state index in [-0.39, 0.29) is 11.8 Å². The van der Waals surface area contributed by atoms with Crippen LogP contribution in [0.3, 0.4) is 0 Å². The molecular formula is C22H35NO. The predicted octanol–water partition coefficient (Wildman–Crippen LogP) is 5.21. The van der Waals surface area contributed by atoms with Crippen LogP contribution in [0.25, 0.3) is 0 Å². The first kappa shape index (κ1) is 19.0. The molecule has 0 heterocycles. The third-order valence-electron chi connectivity index (χ3n) is 5.67. The van der Waals surface area contributed by atoms with Crippen LogP contribution in [0, 0.1) is 11.8 Å². The SMILES string of the molecule is CCCCC(CCCC)CCc1ccc2c(c1)CCC(C(N)=O)C2. The van der Waals surface area contributed by atoms with E-state index >= 15 is 0 Å². The zero-order valence-corrected chi connectivity index (χ0v) is 15.7. The lowest BCUT2D eigenvalue weighted by atomic mass is 9.82. The van der Waals surface area contributed by atoms with Crippen molar-refractivity contribution in [3.63, 3.8) is 0 Å². The number of amides is 1. The molecule has 1 aromatic carbocycles. The standard InChI is InChI=1S/C22H35NO/c1-3-5-7-17(8-6-4-2)9-10-18-11-12-20-16-21(22(23)24)14-13-19(20)15-18/h11-12,15,17,21H,3-10,13-14,16H2,1-2H3,(H2,23,24). The van der Waals surface area contributed by atoms with Crippen molar-refractivity contribution in [2.45, 2.75) is 84.5 Å². The summed E-state index contributed by atoms with van der Waals surface area (Å²) in [7, 11) is 0. The van der Waals surface area contributed by atoms with E-state index < -0.39 is 0 Å².